The van der Waals surface area contributed by atoms with Gasteiger partial charge in [0.25, 0.3) is 21.8 Å². The van der Waals surface area contributed by atoms with Gasteiger partial charge in [-0.2, -0.15) is 5.10 Å². The first-order valence-electron chi connectivity index (χ1n) is 13.6. The summed E-state index contributed by atoms with van der Waals surface area (Å²) in [6, 6.07) is 27.2. The maximum absolute atomic E-state index is 13.7. The van der Waals surface area contributed by atoms with Crippen molar-refractivity contribution in [3.63, 3.8) is 0 Å². The SMILES string of the molecule is C/C(=N/NC(=O)CN(c1ccc(C(C)C)cc1)S(=O)(=O)c1ccc(C)cc1)c1cccc(NC(=O)c2cccc(Cl)c2)c1. The number of nitrogens with one attached hydrogen (secondary N) is 2. The number of rotatable bonds is 10. The number of amides is 2. The van der Waals surface area contributed by atoms with Crippen molar-refractivity contribution < 1.29 is 18.0 Å². The number of hydrogen-bond acceptors (Lipinski definition) is 5. The van der Waals surface area contributed by atoms with Crippen molar-refractivity contribution in [2.45, 2.75) is 38.5 Å². The van der Waals surface area contributed by atoms with E-state index in [4.69, 9.17) is 11.6 Å². The highest BCUT2D eigenvalue weighted by Gasteiger charge is 2.27. The summed E-state index contributed by atoms with van der Waals surface area (Å²) in [7, 11) is -4.06. The number of benzene rings is 4. The minimum Gasteiger partial charge on any atom is -0.322 e. The number of halogens is 1. The highest BCUT2D eigenvalue weighted by atomic mass is 35.5. The molecule has 2 N–H and O–H groups in total. The van der Waals surface area contributed by atoms with E-state index < -0.39 is 22.5 Å². The smallest absolute Gasteiger partial charge is 0.264 e. The Balaban J connectivity index is 1.52. The molecule has 4 aromatic carbocycles. The molecule has 0 fully saturated rings. The molecule has 4 rings (SSSR count). The van der Waals surface area contributed by atoms with Gasteiger partial charge in [0.2, 0.25) is 0 Å². The number of carbonyl (C=O) groups excluding carboxylic acids is 2. The summed E-state index contributed by atoms with van der Waals surface area (Å²) in [5.74, 6) is -0.673. The van der Waals surface area contributed by atoms with Crippen molar-refractivity contribution in [3.8, 4) is 0 Å². The maximum atomic E-state index is 13.7. The van der Waals surface area contributed by atoms with Crippen molar-refractivity contribution in [2.24, 2.45) is 5.10 Å². The van der Waals surface area contributed by atoms with Crippen molar-refractivity contribution in [3.05, 3.63) is 124 Å². The lowest BCUT2D eigenvalue weighted by Gasteiger charge is -2.24. The Morgan fingerprint density at radius 3 is 2.19 bits per heavy atom. The predicted octanol–water partition coefficient (Wildman–Crippen LogP) is 6.76. The number of carbonyl (C=O) groups is 2. The summed E-state index contributed by atoms with van der Waals surface area (Å²) in [5, 5.41) is 7.48. The highest BCUT2D eigenvalue weighted by Crippen LogP contribution is 2.26. The van der Waals surface area contributed by atoms with Gasteiger partial charge in [0, 0.05) is 16.3 Å². The van der Waals surface area contributed by atoms with E-state index in [0.29, 0.717) is 33.2 Å². The predicted molar refractivity (Wildman–Crippen MR) is 172 cm³/mol. The zero-order valence-electron chi connectivity index (χ0n) is 24.3. The highest BCUT2D eigenvalue weighted by molar-refractivity contribution is 7.92. The summed E-state index contributed by atoms with van der Waals surface area (Å²) >= 11 is 6.00. The second kappa shape index (κ2) is 13.7. The number of anilines is 2. The lowest BCUT2D eigenvalue weighted by atomic mass is 10.0. The summed E-state index contributed by atoms with van der Waals surface area (Å²) in [4.78, 5) is 25.8. The molecule has 10 heteroatoms. The first-order chi connectivity index (χ1) is 20.4. The maximum Gasteiger partial charge on any atom is 0.264 e. The Labute approximate surface area is 257 Å². The summed E-state index contributed by atoms with van der Waals surface area (Å²) < 4.78 is 28.4. The van der Waals surface area contributed by atoms with Crippen molar-refractivity contribution >= 4 is 50.5 Å². The molecule has 0 spiro atoms. The minimum atomic E-state index is -4.06. The van der Waals surface area contributed by atoms with Crippen LogP contribution in [0.15, 0.2) is 107 Å². The van der Waals surface area contributed by atoms with E-state index in [0.717, 1.165) is 15.4 Å². The fraction of sp³-hybridized carbons (Fsp3) is 0.182. The third kappa shape index (κ3) is 8.09. The van der Waals surface area contributed by atoms with E-state index in [1.165, 1.54) is 12.1 Å². The van der Waals surface area contributed by atoms with Crippen LogP contribution in [0.2, 0.25) is 5.02 Å². The van der Waals surface area contributed by atoms with E-state index in [1.807, 2.05) is 32.9 Å². The van der Waals surface area contributed by atoms with Crippen LogP contribution in [0.3, 0.4) is 0 Å². The Morgan fingerprint density at radius 2 is 1.53 bits per heavy atom. The van der Waals surface area contributed by atoms with Crippen LogP contribution in [0.4, 0.5) is 11.4 Å². The lowest BCUT2D eigenvalue weighted by molar-refractivity contribution is -0.119. The molecule has 222 valence electrons. The van der Waals surface area contributed by atoms with Crippen LogP contribution in [-0.4, -0.2) is 32.5 Å². The average molecular weight is 617 g/mol. The van der Waals surface area contributed by atoms with Gasteiger partial charge in [-0.15, -0.1) is 0 Å². The third-order valence-corrected chi connectivity index (χ3v) is 8.74. The van der Waals surface area contributed by atoms with Gasteiger partial charge in [0.1, 0.15) is 6.54 Å². The van der Waals surface area contributed by atoms with E-state index in [2.05, 4.69) is 15.8 Å². The molecule has 0 radical (unpaired) electrons. The van der Waals surface area contributed by atoms with Gasteiger partial charge in [-0.3, -0.25) is 13.9 Å². The van der Waals surface area contributed by atoms with Crippen LogP contribution in [-0.2, 0) is 14.8 Å². The largest absolute Gasteiger partial charge is 0.322 e. The van der Waals surface area contributed by atoms with Crippen LogP contribution < -0.4 is 15.0 Å². The van der Waals surface area contributed by atoms with Gasteiger partial charge in [0.05, 0.1) is 16.3 Å². The van der Waals surface area contributed by atoms with Crippen LogP contribution in [0.5, 0.6) is 0 Å². The molecule has 0 aliphatic rings. The Bertz CT molecular complexity index is 1750. The van der Waals surface area contributed by atoms with Gasteiger partial charge in [-0.1, -0.05) is 73.5 Å². The number of hydrazone groups is 1. The van der Waals surface area contributed by atoms with E-state index in [1.54, 1.807) is 79.7 Å². The first-order valence-corrected chi connectivity index (χ1v) is 15.5. The molecule has 0 aliphatic heterocycles. The minimum absolute atomic E-state index is 0.0788. The monoisotopic (exact) mass is 616 g/mol. The normalized spacial score (nSPS) is 11.7. The number of nitrogens with zero attached hydrogens (tertiary/aromatic N) is 2. The molecule has 0 aliphatic carbocycles. The molecular formula is C33H33ClN4O4S. The van der Waals surface area contributed by atoms with Gasteiger partial charge < -0.3 is 5.32 Å². The fourth-order valence-corrected chi connectivity index (χ4v) is 5.82. The molecule has 0 saturated heterocycles. The number of sulfonamides is 1. The number of hydrogen-bond donors (Lipinski definition) is 2. The average Bonchev–Trinajstić information content (AvgIpc) is 2.99. The molecule has 0 aromatic heterocycles. The van der Waals surface area contributed by atoms with Crippen molar-refractivity contribution in [2.75, 3.05) is 16.2 Å². The van der Waals surface area contributed by atoms with Crippen LogP contribution in [0.1, 0.15) is 53.7 Å². The van der Waals surface area contributed by atoms with E-state index in [-0.39, 0.29) is 16.7 Å². The zero-order valence-corrected chi connectivity index (χ0v) is 25.9. The molecule has 0 unspecified atom stereocenters. The Morgan fingerprint density at radius 1 is 0.884 bits per heavy atom. The van der Waals surface area contributed by atoms with Crippen LogP contribution >= 0.6 is 11.6 Å². The van der Waals surface area contributed by atoms with E-state index in [9.17, 15) is 18.0 Å². The number of aryl methyl sites for hydroxylation is 1. The molecular weight excluding hydrogens is 584 g/mol. The third-order valence-electron chi connectivity index (χ3n) is 6.72. The fourth-order valence-electron chi connectivity index (χ4n) is 4.21. The second-order valence-electron chi connectivity index (χ2n) is 10.3. The van der Waals surface area contributed by atoms with Gasteiger partial charge in [0.15, 0.2) is 0 Å². The topological polar surface area (TPSA) is 108 Å². The molecule has 0 atom stereocenters. The molecule has 2 amide bonds. The quantitative estimate of drug-likeness (QED) is 0.152. The lowest BCUT2D eigenvalue weighted by Crippen LogP contribution is -2.39. The standard InChI is InChI=1S/C33H33ClN4O4S/c1-22(2)25-13-15-30(16-14-25)38(43(41,42)31-17-11-23(3)12-18-31)21-32(39)37-36-24(4)26-7-6-10-29(20-26)35-33(40)27-8-5-9-28(34)19-27/h5-20,22H,21H2,1-4H3,(H,35,40)(H,37,39)/b36-24-. The zero-order chi connectivity index (χ0) is 31.1. The van der Waals surface area contributed by atoms with Gasteiger partial charge in [-0.25, -0.2) is 13.8 Å². The second-order valence-corrected chi connectivity index (χ2v) is 12.6. The summed E-state index contributed by atoms with van der Waals surface area (Å²) in [6.07, 6.45) is 0. The Kier molecular flexibility index (Phi) is 10.0. The Hall–Kier alpha value is -4.47. The summed E-state index contributed by atoms with van der Waals surface area (Å²) in [6.45, 7) is 7.18. The molecule has 0 heterocycles. The van der Waals surface area contributed by atoms with Crippen molar-refractivity contribution in [1.82, 2.24) is 5.43 Å². The van der Waals surface area contributed by atoms with Gasteiger partial charge >= 0.3 is 0 Å². The molecule has 0 bridgehead atoms. The van der Waals surface area contributed by atoms with Gasteiger partial charge in [-0.05, 0) is 85.5 Å². The van der Waals surface area contributed by atoms with Crippen LogP contribution in [0.25, 0.3) is 0 Å². The molecule has 8 nitrogen and oxygen atoms in total. The first kappa shape index (κ1) is 31.5. The van der Waals surface area contributed by atoms with Crippen LogP contribution in [0, 0.1) is 6.92 Å². The molecule has 0 saturated carbocycles. The molecule has 43 heavy (non-hydrogen) atoms. The van der Waals surface area contributed by atoms with E-state index >= 15 is 0 Å². The summed E-state index contributed by atoms with van der Waals surface area (Å²) in [5.41, 5.74) is 6.87. The van der Waals surface area contributed by atoms with Crippen molar-refractivity contribution in [1.29, 1.82) is 0 Å². The molecule has 4 aromatic rings.